The fourth-order valence-corrected chi connectivity index (χ4v) is 3.83. The van der Waals surface area contributed by atoms with Crippen LogP contribution in [0.3, 0.4) is 0 Å². The lowest BCUT2D eigenvalue weighted by atomic mass is 9.93. The van der Waals surface area contributed by atoms with Gasteiger partial charge in [-0.2, -0.15) is 0 Å². The van der Waals surface area contributed by atoms with Crippen molar-refractivity contribution in [2.75, 3.05) is 12.4 Å². The molecule has 2 N–H and O–H groups in total. The SMILES string of the molecule is COc1c(C(C)Nc2ncnc3[nH]cnc23)cc(Cl)c(C)c1-c1ccc(F)c(Cl)c1. The quantitative estimate of drug-likeness (QED) is 0.396. The predicted molar refractivity (Wildman–Crippen MR) is 117 cm³/mol. The normalized spacial score (nSPS) is 12.2. The second-order valence-corrected chi connectivity index (χ2v) is 7.61. The Hall–Kier alpha value is -2.90. The van der Waals surface area contributed by atoms with E-state index in [0.717, 1.165) is 16.7 Å². The van der Waals surface area contributed by atoms with E-state index in [4.69, 9.17) is 27.9 Å². The number of hydrogen-bond acceptors (Lipinski definition) is 5. The predicted octanol–water partition coefficient (Wildman–Crippen LogP) is 5.96. The number of imidazole rings is 1. The van der Waals surface area contributed by atoms with Gasteiger partial charge in [-0.3, -0.25) is 0 Å². The average Bonchev–Trinajstić information content (AvgIpc) is 3.21. The number of nitrogens with zero attached hydrogens (tertiary/aromatic N) is 3. The van der Waals surface area contributed by atoms with Gasteiger partial charge in [0.15, 0.2) is 11.5 Å². The van der Waals surface area contributed by atoms with Crippen LogP contribution in [0.15, 0.2) is 36.9 Å². The van der Waals surface area contributed by atoms with Crippen LogP contribution in [-0.2, 0) is 0 Å². The molecule has 0 aliphatic heterocycles. The summed E-state index contributed by atoms with van der Waals surface area (Å²) in [5.74, 6) is 0.715. The fourth-order valence-electron chi connectivity index (χ4n) is 3.44. The Balaban J connectivity index is 1.82. The van der Waals surface area contributed by atoms with Gasteiger partial charge in [0.05, 0.1) is 24.5 Å². The molecule has 0 aliphatic carbocycles. The molecule has 1 unspecified atom stereocenters. The molecule has 0 spiro atoms. The Morgan fingerprint density at radius 1 is 1.13 bits per heavy atom. The summed E-state index contributed by atoms with van der Waals surface area (Å²) in [6.45, 7) is 3.85. The first-order valence-electron chi connectivity index (χ1n) is 9.13. The number of ether oxygens (including phenoxy) is 1. The van der Waals surface area contributed by atoms with E-state index < -0.39 is 5.82 Å². The Morgan fingerprint density at radius 3 is 2.67 bits per heavy atom. The van der Waals surface area contributed by atoms with Gasteiger partial charge in [0.2, 0.25) is 0 Å². The van der Waals surface area contributed by atoms with Crippen LogP contribution in [0.2, 0.25) is 10.0 Å². The van der Waals surface area contributed by atoms with Crippen molar-refractivity contribution >= 4 is 40.2 Å². The molecule has 2 aromatic carbocycles. The van der Waals surface area contributed by atoms with Crippen LogP contribution in [-0.4, -0.2) is 27.0 Å². The van der Waals surface area contributed by atoms with Crippen LogP contribution >= 0.6 is 23.2 Å². The first kappa shape index (κ1) is 20.4. The van der Waals surface area contributed by atoms with Crippen LogP contribution in [0.1, 0.15) is 24.1 Å². The molecule has 0 amide bonds. The Morgan fingerprint density at radius 2 is 1.93 bits per heavy atom. The second kappa shape index (κ2) is 8.08. The number of anilines is 1. The van der Waals surface area contributed by atoms with Crippen molar-refractivity contribution in [3.63, 3.8) is 0 Å². The van der Waals surface area contributed by atoms with Gasteiger partial charge < -0.3 is 15.0 Å². The van der Waals surface area contributed by atoms with E-state index in [1.807, 2.05) is 19.9 Å². The zero-order valence-corrected chi connectivity index (χ0v) is 17.9. The van der Waals surface area contributed by atoms with E-state index in [1.165, 1.54) is 12.4 Å². The maximum absolute atomic E-state index is 13.7. The molecule has 4 rings (SSSR count). The van der Waals surface area contributed by atoms with Crippen LogP contribution < -0.4 is 10.1 Å². The van der Waals surface area contributed by atoms with E-state index in [0.29, 0.717) is 33.3 Å². The fraction of sp³-hybridized carbons (Fsp3) is 0.190. The number of nitrogens with one attached hydrogen (secondary N) is 2. The third-order valence-corrected chi connectivity index (χ3v) is 5.64. The summed E-state index contributed by atoms with van der Waals surface area (Å²) < 4.78 is 19.5. The van der Waals surface area contributed by atoms with Crippen LogP contribution in [0.4, 0.5) is 10.2 Å². The number of methoxy groups -OCH3 is 1. The number of hydrogen-bond donors (Lipinski definition) is 2. The molecule has 2 heterocycles. The van der Waals surface area contributed by atoms with Crippen molar-refractivity contribution in [1.29, 1.82) is 0 Å². The summed E-state index contributed by atoms with van der Waals surface area (Å²) in [4.78, 5) is 15.7. The molecular weight excluding hydrogens is 428 g/mol. The molecule has 9 heteroatoms. The first-order valence-corrected chi connectivity index (χ1v) is 9.89. The third kappa shape index (κ3) is 3.55. The summed E-state index contributed by atoms with van der Waals surface area (Å²) in [7, 11) is 1.59. The lowest BCUT2D eigenvalue weighted by Gasteiger charge is -2.23. The van der Waals surface area contributed by atoms with Crippen molar-refractivity contribution in [2.45, 2.75) is 19.9 Å². The topological polar surface area (TPSA) is 75.7 Å². The summed E-state index contributed by atoms with van der Waals surface area (Å²) in [5, 5.41) is 3.94. The lowest BCUT2D eigenvalue weighted by molar-refractivity contribution is 0.409. The maximum Gasteiger partial charge on any atom is 0.162 e. The molecule has 154 valence electrons. The highest BCUT2D eigenvalue weighted by molar-refractivity contribution is 6.32. The molecule has 30 heavy (non-hydrogen) atoms. The minimum absolute atomic E-state index is 0.0311. The summed E-state index contributed by atoms with van der Waals surface area (Å²) >= 11 is 12.6. The highest BCUT2D eigenvalue weighted by Crippen LogP contribution is 2.43. The van der Waals surface area contributed by atoms with E-state index in [2.05, 4.69) is 25.3 Å². The second-order valence-electron chi connectivity index (χ2n) is 6.80. The van der Waals surface area contributed by atoms with Crippen molar-refractivity contribution in [3.05, 3.63) is 63.9 Å². The summed E-state index contributed by atoms with van der Waals surface area (Å²) in [5.41, 5.74) is 4.35. The van der Waals surface area contributed by atoms with Crippen molar-refractivity contribution in [2.24, 2.45) is 0 Å². The number of H-pyrrole nitrogens is 1. The van der Waals surface area contributed by atoms with Gasteiger partial charge in [-0.15, -0.1) is 0 Å². The van der Waals surface area contributed by atoms with Crippen LogP contribution in [0.25, 0.3) is 22.3 Å². The summed E-state index contributed by atoms with van der Waals surface area (Å²) in [6.07, 6.45) is 3.02. The molecule has 0 saturated heterocycles. The van der Waals surface area contributed by atoms with Crippen LogP contribution in [0.5, 0.6) is 5.75 Å². The number of aromatic nitrogens is 4. The molecule has 6 nitrogen and oxygen atoms in total. The van der Waals surface area contributed by atoms with Crippen molar-refractivity contribution in [3.8, 4) is 16.9 Å². The molecule has 2 aromatic heterocycles. The standard InChI is InChI=1S/C21H18Cl2FN5O/c1-10-14(22)7-13(11(2)29-21-18-20(26-8-25-18)27-9-28-21)19(30-3)17(10)12-4-5-16(24)15(23)6-12/h4-9,11H,1-3H3,(H2,25,26,27,28,29). The Kier molecular flexibility index (Phi) is 5.49. The number of fused-ring (bicyclic) bond motifs is 1. The highest BCUT2D eigenvalue weighted by atomic mass is 35.5. The van der Waals surface area contributed by atoms with E-state index in [9.17, 15) is 4.39 Å². The van der Waals surface area contributed by atoms with Gasteiger partial charge in [-0.05, 0) is 43.2 Å². The van der Waals surface area contributed by atoms with Crippen molar-refractivity contribution < 1.29 is 9.13 Å². The number of halogens is 3. The molecule has 1 atom stereocenters. The van der Waals surface area contributed by atoms with E-state index >= 15 is 0 Å². The number of benzene rings is 2. The van der Waals surface area contributed by atoms with Gasteiger partial charge in [0.1, 0.15) is 23.4 Å². The van der Waals surface area contributed by atoms with Gasteiger partial charge in [0, 0.05) is 16.1 Å². The summed E-state index contributed by atoms with van der Waals surface area (Å²) in [6, 6.07) is 6.17. The Labute approximate surface area is 182 Å². The molecule has 0 aliphatic rings. The largest absolute Gasteiger partial charge is 0.496 e. The first-order chi connectivity index (χ1) is 14.4. The van der Waals surface area contributed by atoms with Crippen molar-refractivity contribution in [1.82, 2.24) is 19.9 Å². The minimum atomic E-state index is -0.485. The molecule has 0 bridgehead atoms. The van der Waals surface area contributed by atoms with Gasteiger partial charge in [-0.1, -0.05) is 29.3 Å². The lowest BCUT2D eigenvalue weighted by Crippen LogP contribution is -2.11. The Bertz CT molecular complexity index is 1240. The molecule has 0 fully saturated rings. The van der Waals surface area contributed by atoms with Gasteiger partial charge >= 0.3 is 0 Å². The minimum Gasteiger partial charge on any atom is -0.496 e. The van der Waals surface area contributed by atoms with E-state index in [1.54, 1.807) is 25.6 Å². The molecule has 0 radical (unpaired) electrons. The van der Waals surface area contributed by atoms with Gasteiger partial charge in [-0.25, -0.2) is 19.3 Å². The zero-order chi connectivity index (χ0) is 21.4. The highest BCUT2D eigenvalue weighted by Gasteiger charge is 2.22. The number of aromatic amines is 1. The maximum atomic E-state index is 13.7. The van der Waals surface area contributed by atoms with E-state index in [-0.39, 0.29) is 11.1 Å². The number of rotatable bonds is 5. The molecular formula is C21H18Cl2FN5O. The van der Waals surface area contributed by atoms with Gasteiger partial charge in [0.25, 0.3) is 0 Å². The monoisotopic (exact) mass is 445 g/mol. The average molecular weight is 446 g/mol. The van der Waals surface area contributed by atoms with Crippen LogP contribution in [0, 0.1) is 12.7 Å². The molecule has 4 aromatic rings. The molecule has 0 saturated carbocycles. The smallest absolute Gasteiger partial charge is 0.162 e. The third-order valence-electron chi connectivity index (χ3n) is 4.95. The zero-order valence-electron chi connectivity index (χ0n) is 16.4.